The van der Waals surface area contributed by atoms with Crippen LogP contribution in [-0.2, 0) is 9.47 Å². The molecule has 0 spiro atoms. The Balaban J connectivity index is 2.76. The molecular formula is C11H14Cl2N2O3. The zero-order valence-corrected chi connectivity index (χ0v) is 11.7. The van der Waals surface area contributed by atoms with Crippen LogP contribution < -0.4 is 5.32 Å². The summed E-state index contributed by atoms with van der Waals surface area (Å²) in [6, 6.07) is 2.55. The monoisotopic (exact) mass is 292 g/mol. The van der Waals surface area contributed by atoms with Gasteiger partial charge in [0.25, 0.3) is 5.91 Å². The summed E-state index contributed by atoms with van der Waals surface area (Å²) < 4.78 is 10.1. The number of carbonyl (C=O) groups excluding carboxylic acids is 1. The third-order valence-electron chi connectivity index (χ3n) is 2.26. The lowest BCUT2D eigenvalue weighted by Crippen LogP contribution is -2.42. The fourth-order valence-corrected chi connectivity index (χ4v) is 1.92. The molecule has 0 saturated heterocycles. The first-order chi connectivity index (χ1) is 8.47. The van der Waals surface area contributed by atoms with E-state index in [1.165, 1.54) is 26.4 Å². The average molecular weight is 293 g/mol. The minimum atomic E-state index is -0.526. The highest BCUT2D eigenvalue weighted by Gasteiger charge is 2.19. The van der Waals surface area contributed by atoms with Crippen LogP contribution in [0.1, 0.15) is 17.3 Å². The molecule has 1 N–H and O–H groups in total. The van der Waals surface area contributed by atoms with Crippen molar-refractivity contribution in [2.75, 3.05) is 14.2 Å². The van der Waals surface area contributed by atoms with Crippen molar-refractivity contribution in [2.45, 2.75) is 19.3 Å². The predicted octanol–water partition coefficient (Wildman–Crippen LogP) is 2.13. The first-order valence-electron chi connectivity index (χ1n) is 5.17. The average Bonchev–Trinajstić information content (AvgIpc) is 2.29. The number of halogens is 2. The lowest BCUT2D eigenvalue weighted by Gasteiger charge is -2.22. The van der Waals surface area contributed by atoms with E-state index >= 15 is 0 Å². The minimum absolute atomic E-state index is 0.162. The van der Waals surface area contributed by atoms with Crippen LogP contribution in [0.5, 0.6) is 0 Å². The van der Waals surface area contributed by atoms with Crippen molar-refractivity contribution in [1.29, 1.82) is 0 Å². The maximum atomic E-state index is 11.9. The van der Waals surface area contributed by atoms with Gasteiger partial charge in [0.15, 0.2) is 6.29 Å². The Kier molecular flexibility index (Phi) is 5.81. The number of nitrogens with zero attached hydrogens (tertiary/aromatic N) is 1. The van der Waals surface area contributed by atoms with E-state index in [0.717, 1.165) is 0 Å². The molecule has 1 rings (SSSR count). The highest BCUT2D eigenvalue weighted by molar-refractivity contribution is 6.33. The first-order valence-corrected chi connectivity index (χ1v) is 5.93. The number of methoxy groups -OCH3 is 2. The van der Waals surface area contributed by atoms with Crippen LogP contribution in [0.4, 0.5) is 0 Å². The molecule has 1 aromatic rings. The molecule has 0 bridgehead atoms. The lowest BCUT2D eigenvalue weighted by molar-refractivity contribution is -0.117. The molecule has 1 heterocycles. The molecule has 0 aliphatic carbocycles. The van der Waals surface area contributed by atoms with Gasteiger partial charge in [0.2, 0.25) is 0 Å². The molecule has 0 aromatic carbocycles. The van der Waals surface area contributed by atoms with Crippen molar-refractivity contribution in [3.05, 3.63) is 28.0 Å². The van der Waals surface area contributed by atoms with Crippen LogP contribution in [0.2, 0.25) is 10.3 Å². The fourth-order valence-electron chi connectivity index (χ4n) is 1.46. The van der Waals surface area contributed by atoms with E-state index in [0.29, 0.717) is 5.56 Å². The summed E-state index contributed by atoms with van der Waals surface area (Å²) in [6.45, 7) is 1.76. The highest BCUT2D eigenvalue weighted by Crippen LogP contribution is 2.14. The van der Waals surface area contributed by atoms with E-state index in [4.69, 9.17) is 32.7 Å². The molecule has 0 aliphatic heterocycles. The molecule has 5 nitrogen and oxygen atoms in total. The van der Waals surface area contributed by atoms with Crippen molar-refractivity contribution in [3.8, 4) is 0 Å². The quantitative estimate of drug-likeness (QED) is 0.667. The summed E-state index contributed by atoms with van der Waals surface area (Å²) in [5, 5.41) is 3.04. The third-order valence-corrected chi connectivity index (χ3v) is 2.64. The third kappa shape index (κ3) is 4.10. The minimum Gasteiger partial charge on any atom is -0.354 e. The standard InChI is InChI=1S/C11H14Cl2N2O3/c1-6(11(17-2)18-3)14-10(16)7-4-8(12)15-9(13)5-7/h4-6,11H,1-3H3,(H,14,16). The Hall–Kier alpha value is -0.880. The number of carbonyl (C=O) groups is 1. The van der Waals surface area contributed by atoms with Gasteiger partial charge < -0.3 is 14.8 Å². The van der Waals surface area contributed by atoms with Crippen molar-refractivity contribution in [1.82, 2.24) is 10.3 Å². The van der Waals surface area contributed by atoms with Crippen molar-refractivity contribution < 1.29 is 14.3 Å². The second-order valence-corrected chi connectivity index (χ2v) is 4.38. The molecule has 1 unspecified atom stereocenters. The van der Waals surface area contributed by atoms with Crippen LogP contribution >= 0.6 is 23.2 Å². The van der Waals surface area contributed by atoms with Crippen molar-refractivity contribution in [2.24, 2.45) is 0 Å². The van der Waals surface area contributed by atoms with Gasteiger partial charge in [0.1, 0.15) is 10.3 Å². The molecule has 18 heavy (non-hydrogen) atoms. The van der Waals surface area contributed by atoms with E-state index in [1.54, 1.807) is 6.92 Å². The summed E-state index contributed by atoms with van der Waals surface area (Å²) in [5.41, 5.74) is 0.331. The number of rotatable bonds is 5. The van der Waals surface area contributed by atoms with Crippen molar-refractivity contribution >= 4 is 29.1 Å². The summed E-state index contributed by atoms with van der Waals surface area (Å²) >= 11 is 11.4. The Labute approximate surface area is 115 Å². The topological polar surface area (TPSA) is 60.5 Å². The zero-order valence-electron chi connectivity index (χ0n) is 10.2. The van der Waals surface area contributed by atoms with Crippen LogP contribution in [-0.4, -0.2) is 37.4 Å². The second-order valence-electron chi connectivity index (χ2n) is 3.60. The smallest absolute Gasteiger partial charge is 0.251 e. The predicted molar refractivity (Wildman–Crippen MR) is 69.0 cm³/mol. The van der Waals surface area contributed by atoms with Gasteiger partial charge in [0, 0.05) is 19.8 Å². The number of hydrogen-bond acceptors (Lipinski definition) is 4. The molecule has 0 radical (unpaired) electrons. The summed E-state index contributed by atoms with van der Waals surface area (Å²) in [7, 11) is 2.99. The van der Waals surface area contributed by atoms with Crippen LogP contribution in [0.25, 0.3) is 0 Å². The van der Waals surface area contributed by atoms with E-state index < -0.39 is 6.29 Å². The normalized spacial score (nSPS) is 12.6. The van der Waals surface area contributed by atoms with Crippen LogP contribution in [0, 0.1) is 0 Å². The first kappa shape index (κ1) is 15.2. The maximum absolute atomic E-state index is 11.9. The number of amides is 1. The number of nitrogens with one attached hydrogen (secondary N) is 1. The van der Waals surface area contributed by atoms with E-state index in [1.807, 2.05) is 0 Å². The molecule has 1 aromatic heterocycles. The Morgan fingerprint density at radius 1 is 1.28 bits per heavy atom. The van der Waals surface area contributed by atoms with Crippen molar-refractivity contribution in [3.63, 3.8) is 0 Å². The molecule has 0 saturated carbocycles. The summed E-state index contributed by atoms with van der Waals surface area (Å²) in [5.74, 6) is -0.326. The molecule has 0 aliphatic rings. The van der Waals surface area contributed by atoms with Gasteiger partial charge >= 0.3 is 0 Å². The fraction of sp³-hybridized carbons (Fsp3) is 0.455. The van der Waals surface area contributed by atoms with Crippen LogP contribution in [0.3, 0.4) is 0 Å². The molecule has 0 fully saturated rings. The number of pyridine rings is 1. The Morgan fingerprint density at radius 3 is 2.22 bits per heavy atom. The van der Waals surface area contributed by atoms with E-state index in [9.17, 15) is 4.79 Å². The van der Waals surface area contributed by atoms with Gasteiger partial charge in [-0.1, -0.05) is 23.2 Å². The number of ether oxygens (including phenoxy) is 2. The molecule has 1 atom stereocenters. The highest BCUT2D eigenvalue weighted by atomic mass is 35.5. The Morgan fingerprint density at radius 2 is 1.78 bits per heavy atom. The van der Waals surface area contributed by atoms with Gasteiger partial charge in [-0.05, 0) is 19.1 Å². The number of aromatic nitrogens is 1. The van der Waals surface area contributed by atoms with E-state index in [2.05, 4.69) is 10.3 Å². The summed E-state index contributed by atoms with van der Waals surface area (Å²) in [4.78, 5) is 15.7. The maximum Gasteiger partial charge on any atom is 0.251 e. The van der Waals surface area contributed by atoms with E-state index in [-0.39, 0.29) is 22.3 Å². The van der Waals surface area contributed by atoms with Gasteiger partial charge in [-0.3, -0.25) is 4.79 Å². The second kappa shape index (κ2) is 6.89. The Bertz CT molecular complexity index is 404. The summed E-state index contributed by atoms with van der Waals surface area (Å²) in [6.07, 6.45) is -0.526. The molecule has 7 heteroatoms. The number of hydrogen-bond donors (Lipinski definition) is 1. The van der Waals surface area contributed by atoms with Crippen LogP contribution in [0.15, 0.2) is 12.1 Å². The molecule has 1 amide bonds. The lowest BCUT2D eigenvalue weighted by atomic mass is 10.2. The van der Waals surface area contributed by atoms with Gasteiger partial charge in [-0.25, -0.2) is 4.98 Å². The molecular weight excluding hydrogens is 279 g/mol. The van der Waals surface area contributed by atoms with Gasteiger partial charge in [-0.15, -0.1) is 0 Å². The largest absolute Gasteiger partial charge is 0.354 e. The van der Waals surface area contributed by atoms with Gasteiger partial charge in [-0.2, -0.15) is 0 Å². The molecule has 100 valence electrons. The SMILES string of the molecule is COC(OC)C(C)NC(=O)c1cc(Cl)nc(Cl)c1. The van der Waals surface area contributed by atoms with Gasteiger partial charge in [0.05, 0.1) is 6.04 Å². The zero-order chi connectivity index (χ0) is 13.7.